The Balaban J connectivity index is 1.61. The molecule has 3 rings (SSSR count). The van der Waals surface area contributed by atoms with Gasteiger partial charge >= 0.3 is 0 Å². The van der Waals surface area contributed by atoms with E-state index < -0.39 is 0 Å². The Morgan fingerprint density at radius 1 is 1.33 bits per heavy atom. The fourth-order valence-electron chi connectivity index (χ4n) is 2.05. The normalized spacial score (nSPS) is 11.0. The van der Waals surface area contributed by atoms with E-state index in [9.17, 15) is 4.79 Å². The number of thioether (sulfide) groups is 1. The highest BCUT2D eigenvalue weighted by Gasteiger charge is 2.10. The van der Waals surface area contributed by atoms with Crippen LogP contribution in [0.15, 0.2) is 47.1 Å². The largest absolute Gasteiger partial charge is 0.489 e. The lowest BCUT2D eigenvalue weighted by atomic mass is 10.3. The molecule has 7 heteroatoms. The number of nitrogens with zero attached hydrogens (tertiary/aromatic N) is 2. The standard InChI is InChI=1S/C17H17N3O2S2/c1-11(2)22-14-6-4-3-5-13(14)19-15(21)10-24-17-18-9-12-7-8-23-16(12)20-17/h3-9,11H,10H2,1-2H3,(H,19,21). The molecule has 0 aliphatic carbocycles. The second-order valence-corrected chi connectivity index (χ2v) is 7.17. The van der Waals surface area contributed by atoms with Gasteiger partial charge in [-0.2, -0.15) is 0 Å². The molecule has 0 atom stereocenters. The van der Waals surface area contributed by atoms with Crippen molar-refractivity contribution in [2.75, 3.05) is 11.1 Å². The molecule has 124 valence electrons. The number of ether oxygens (including phenoxy) is 1. The molecular formula is C17H17N3O2S2. The molecule has 0 aliphatic rings. The Labute approximate surface area is 148 Å². The molecule has 2 aromatic heterocycles. The predicted molar refractivity (Wildman–Crippen MR) is 99.0 cm³/mol. The van der Waals surface area contributed by atoms with Gasteiger partial charge < -0.3 is 10.1 Å². The molecule has 24 heavy (non-hydrogen) atoms. The summed E-state index contributed by atoms with van der Waals surface area (Å²) in [7, 11) is 0. The summed E-state index contributed by atoms with van der Waals surface area (Å²) >= 11 is 2.88. The highest BCUT2D eigenvalue weighted by Crippen LogP contribution is 2.26. The lowest BCUT2D eigenvalue weighted by Gasteiger charge is -2.14. The maximum absolute atomic E-state index is 12.2. The number of amides is 1. The van der Waals surface area contributed by atoms with Crippen LogP contribution in [0.2, 0.25) is 0 Å². The topological polar surface area (TPSA) is 64.1 Å². The van der Waals surface area contributed by atoms with Gasteiger partial charge in [-0.05, 0) is 37.4 Å². The number of benzene rings is 1. The van der Waals surface area contributed by atoms with Crippen LogP contribution in [0.25, 0.3) is 10.2 Å². The van der Waals surface area contributed by atoms with Crippen molar-refractivity contribution in [3.05, 3.63) is 41.9 Å². The SMILES string of the molecule is CC(C)Oc1ccccc1NC(=O)CSc1ncc2ccsc2n1. The molecule has 1 N–H and O–H groups in total. The van der Waals surface area contributed by atoms with Crippen molar-refractivity contribution in [2.45, 2.75) is 25.1 Å². The summed E-state index contributed by atoms with van der Waals surface area (Å²) < 4.78 is 5.70. The van der Waals surface area contributed by atoms with Crippen LogP contribution < -0.4 is 10.1 Å². The van der Waals surface area contributed by atoms with Crippen molar-refractivity contribution in [3.63, 3.8) is 0 Å². The fraction of sp³-hybridized carbons (Fsp3) is 0.235. The van der Waals surface area contributed by atoms with E-state index in [1.807, 2.05) is 49.6 Å². The third-order valence-corrected chi connectivity index (χ3v) is 4.73. The van der Waals surface area contributed by atoms with Gasteiger partial charge in [0.25, 0.3) is 0 Å². The van der Waals surface area contributed by atoms with Gasteiger partial charge in [-0.3, -0.25) is 4.79 Å². The van der Waals surface area contributed by atoms with Crippen LogP contribution in [0.4, 0.5) is 5.69 Å². The zero-order chi connectivity index (χ0) is 16.9. The number of carbonyl (C=O) groups excluding carboxylic acids is 1. The number of aromatic nitrogens is 2. The van der Waals surface area contributed by atoms with E-state index in [0.29, 0.717) is 16.6 Å². The van der Waals surface area contributed by atoms with Crippen molar-refractivity contribution in [2.24, 2.45) is 0 Å². The molecule has 3 aromatic rings. The number of anilines is 1. The zero-order valence-electron chi connectivity index (χ0n) is 13.4. The average molecular weight is 359 g/mol. The quantitative estimate of drug-likeness (QED) is 0.528. The molecular weight excluding hydrogens is 342 g/mol. The number of rotatable bonds is 6. The smallest absolute Gasteiger partial charge is 0.234 e. The molecule has 0 bridgehead atoms. The van der Waals surface area contributed by atoms with E-state index in [-0.39, 0.29) is 17.8 Å². The fourth-order valence-corrected chi connectivity index (χ4v) is 3.47. The summed E-state index contributed by atoms with van der Waals surface area (Å²) in [5.74, 6) is 0.796. The van der Waals surface area contributed by atoms with E-state index in [1.165, 1.54) is 11.8 Å². The highest BCUT2D eigenvalue weighted by atomic mass is 32.2. The van der Waals surface area contributed by atoms with Gasteiger partial charge in [-0.15, -0.1) is 11.3 Å². The first-order valence-corrected chi connectivity index (χ1v) is 9.37. The maximum Gasteiger partial charge on any atom is 0.234 e. The first-order valence-electron chi connectivity index (χ1n) is 7.50. The summed E-state index contributed by atoms with van der Waals surface area (Å²) in [5.41, 5.74) is 0.673. The van der Waals surface area contributed by atoms with Crippen LogP contribution in [0.3, 0.4) is 0 Å². The minimum atomic E-state index is -0.116. The Morgan fingerprint density at radius 3 is 3.00 bits per heavy atom. The zero-order valence-corrected chi connectivity index (χ0v) is 15.0. The van der Waals surface area contributed by atoms with E-state index in [2.05, 4.69) is 15.3 Å². The minimum absolute atomic E-state index is 0.0448. The summed E-state index contributed by atoms with van der Waals surface area (Å²) in [6, 6.07) is 9.40. The summed E-state index contributed by atoms with van der Waals surface area (Å²) in [6.45, 7) is 3.90. The molecule has 1 amide bonds. The molecule has 0 spiro atoms. The molecule has 0 saturated heterocycles. The molecule has 0 radical (unpaired) electrons. The van der Waals surface area contributed by atoms with Crippen LogP contribution in [-0.2, 0) is 4.79 Å². The lowest BCUT2D eigenvalue weighted by Crippen LogP contribution is -2.16. The average Bonchev–Trinajstić information content (AvgIpc) is 3.02. The van der Waals surface area contributed by atoms with Crippen molar-refractivity contribution in [1.82, 2.24) is 9.97 Å². The Morgan fingerprint density at radius 2 is 2.17 bits per heavy atom. The van der Waals surface area contributed by atoms with Crippen LogP contribution in [-0.4, -0.2) is 27.7 Å². The molecule has 0 unspecified atom stereocenters. The number of hydrogen-bond acceptors (Lipinski definition) is 6. The van der Waals surface area contributed by atoms with Crippen molar-refractivity contribution < 1.29 is 9.53 Å². The van der Waals surface area contributed by atoms with Gasteiger partial charge in [0, 0.05) is 11.6 Å². The van der Waals surface area contributed by atoms with Crippen molar-refractivity contribution in [1.29, 1.82) is 0 Å². The van der Waals surface area contributed by atoms with Crippen LogP contribution >= 0.6 is 23.1 Å². The number of hydrogen-bond donors (Lipinski definition) is 1. The number of thiophene rings is 1. The van der Waals surface area contributed by atoms with E-state index >= 15 is 0 Å². The highest BCUT2D eigenvalue weighted by molar-refractivity contribution is 7.99. The monoisotopic (exact) mass is 359 g/mol. The van der Waals surface area contributed by atoms with E-state index in [4.69, 9.17) is 4.74 Å². The number of nitrogens with one attached hydrogen (secondary N) is 1. The Bertz CT molecular complexity index is 848. The first-order chi connectivity index (χ1) is 11.6. The second-order valence-electron chi connectivity index (χ2n) is 5.33. The molecule has 2 heterocycles. The first kappa shape index (κ1) is 16.7. The summed E-state index contributed by atoms with van der Waals surface area (Å²) in [6.07, 6.45) is 1.83. The Kier molecular flexibility index (Phi) is 5.32. The summed E-state index contributed by atoms with van der Waals surface area (Å²) in [4.78, 5) is 21.8. The molecule has 0 fully saturated rings. The third kappa shape index (κ3) is 4.24. The molecule has 0 saturated carbocycles. The third-order valence-electron chi connectivity index (χ3n) is 3.04. The van der Waals surface area contributed by atoms with Gasteiger partial charge in [-0.25, -0.2) is 9.97 Å². The van der Waals surface area contributed by atoms with Crippen molar-refractivity contribution in [3.8, 4) is 5.75 Å². The van der Waals surface area contributed by atoms with E-state index in [0.717, 1.165) is 10.2 Å². The molecule has 5 nitrogen and oxygen atoms in total. The minimum Gasteiger partial charge on any atom is -0.489 e. The van der Waals surface area contributed by atoms with Gasteiger partial charge in [0.05, 0.1) is 17.5 Å². The number of fused-ring (bicyclic) bond motifs is 1. The van der Waals surface area contributed by atoms with Gasteiger partial charge in [0.1, 0.15) is 10.6 Å². The van der Waals surface area contributed by atoms with Crippen LogP contribution in [0.5, 0.6) is 5.75 Å². The van der Waals surface area contributed by atoms with Gasteiger partial charge in [0.15, 0.2) is 5.16 Å². The van der Waals surface area contributed by atoms with Gasteiger partial charge in [0.2, 0.25) is 5.91 Å². The molecule has 1 aromatic carbocycles. The van der Waals surface area contributed by atoms with Crippen molar-refractivity contribution >= 4 is 44.9 Å². The van der Waals surface area contributed by atoms with Crippen LogP contribution in [0, 0.1) is 0 Å². The summed E-state index contributed by atoms with van der Waals surface area (Å²) in [5, 5.41) is 6.48. The predicted octanol–water partition coefficient (Wildman–Crippen LogP) is 4.21. The second kappa shape index (κ2) is 7.63. The van der Waals surface area contributed by atoms with Crippen LogP contribution in [0.1, 0.15) is 13.8 Å². The maximum atomic E-state index is 12.2. The van der Waals surface area contributed by atoms with Gasteiger partial charge in [-0.1, -0.05) is 23.9 Å². The lowest BCUT2D eigenvalue weighted by molar-refractivity contribution is -0.113. The van der Waals surface area contributed by atoms with E-state index in [1.54, 1.807) is 17.5 Å². The number of para-hydroxylation sites is 2. The Hall–Kier alpha value is -2.12. The molecule has 0 aliphatic heterocycles. The number of carbonyl (C=O) groups is 1.